The van der Waals surface area contributed by atoms with Crippen LogP contribution in [0.25, 0.3) is 0 Å². The summed E-state index contributed by atoms with van der Waals surface area (Å²) in [5.74, 6) is -0.0550. The third-order valence-electron chi connectivity index (χ3n) is 6.18. The van der Waals surface area contributed by atoms with Gasteiger partial charge >= 0.3 is 6.03 Å². The Morgan fingerprint density at radius 3 is 2.65 bits per heavy atom. The summed E-state index contributed by atoms with van der Waals surface area (Å²) in [6.07, 6.45) is 4.48. The molecule has 3 rings (SSSR count). The van der Waals surface area contributed by atoms with Crippen LogP contribution in [0.2, 0.25) is 0 Å². The molecule has 170 valence electrons. The Hall–Kier alpha value is -2.68. The maximum Gasteiger partial charge on any atom is 0.325 e. The Morgan fingerprint density at radius 2 is 2.00 bits per heavy atom. The molecule has 0 unspecified atom stereocenters. The Kier molecular flexibility index (Phi) is 6.83. The van der Waals surface area contributed by atoms with Crippen LogP contribution in [0.1, 0.15) is 46.5 Å². The van der Waals surface area contributed by atoms with Gasteiger partial charge in [0.25, 0.3) is 5.91 Å². The van der Waals surface area contributed by atoms with Gasteiger partial charge in [0.2, 0.25) is 11.8 Å². The van der Waals surface area contributed by atoms with Crippen molar-refractivity contribution in [3.63, 3.8) is 0 Å². The number of rotatable bonds is 7. The highest BCUT2D eigenvalue weighted by Crippen LogP contribution is 2.43. The fourth-order valence-corrected chi connectivity index (χ4v) is 4.29. The molecule has 1 saturated carbocycles. The number of hydrogen-bond acceptors (Lipinski definition) is 6. The number of nitrogens with zero attached hydrogens (tertiary/aromatic N) is 2. The first kappa shape index (κ1) is 23.0. The number of pyridine rings is 1. The molecule has 2 N–H and O–H groups in total. The third-order valence-corrected chi connectivity index (χ3v) is 6.18. The normalized spacial score (nSPS) is 23.7. The standard InChI is InChI=1S/C22H32N4O5/c1-21(2,3)15-7-9-22(10-8-15)19(28)26(20(29)25-22)14-17(27)24-16-6-5-11-23-18(16)31-13-12-30-4/h5-6,11,15H,7-10,12-14H2,1-4H3,(H,24,27)(H,25,29). The van der Waals surface area contributed by atoms with Gasteiger partial charge in [-0.3, -0.25) is 14.5 Å². The highest BCUT2D eigenvalue weighted by atomic mass is 16.5. The Bertz CT molecular complexity index is 827. The highest BCUT2D eigenvalue weighted by Gasteiger charge is 2.53. The average Bonchev–Trinajstić information content (AvgIpc) is 2.93. The van der Waals surface area contributed by atoms with E-state index in [1.807, 2.05) is 0 Å². The topological polar surface area (TPSA) is 110 Å². The van der Waals surface area contributed by atoms with Gasteiger partial charge in [0.1, 0.15) is 24.4 Å². The Balaban J connectivity index is 1.61. The fourth-order valence-electron chi connectivity index (χ4n) is 4.29. The van der Waals surface area contributed by atoms with E-state index in [4.69, 9.17) is 9.47 Å². The zero-order valence-corrected chi connectivity index (χ0v) is 18.7. The van der Waals surface area contributed by atoms with Crippen LogP contribution in [0.4, 0.5) is 10.5 Å². The summed E-state index contributed by atoms with van der Waals surface area (Å²) < 4.78 is 10.5. The van der Waals surface area contributed by atoms with Gasteiger partial charge in [0.05, 0.1) is 6.61 Å². The molecular formula is C22H32N4O5. The summed E-state index contributed by atoms with van der Waals surface area (Å²) in [6, 6.07) is 2.79. The van der Waals surface area contributed by atoms with Gasteiger partial charge in [-0.25, -0.2) is 9.78 Å². The lowest BCUT2D eigenvalue weighted by molar-refractivity contribution is -0.135. The molecule has 0 radical (unpaired) electrons. The molecule has 2 heterocycles. The molecule has 31 heavy (non-hydrogen) atoms. The van der Waals surface area contributed by atoms with Crippen molar-refractivity contribution in [1.82, 2.24) is 15.2 Å². The van der Waals surface area contributed by atoms with E-state index in [2.05, 4.69) is 36.4 Å². The number of carbonyl (C=O) groups excluding carboxylic acids is 3. The Labute approximate surface area is 182 Å². The van der Waals surface area contributed by atoms with Gasteiger partial charge in [-0.2, -0.15) is 0 Å². The molecule has 1 spiro atoms. The summed E-state index contributed by atoms with van der Waals surface area (Å²) in [5, 5.41) is 5.55. The molecule has 1 aromatic heterocycles. The number of carbonyl (C=O) groups is 3. The quantitative estimate of drug-likeness (QED) is 0.506. The number of ether oxygens (including phenoxy) is 2. The predicted octanol–water partition coefficient (Wildman–Crippen LogP) is 2.57. The lowest BCUT2D eigenvalue weighted by Crippen LogP contribution is -2.51. The van der Waals surface area contributed by atoms with E-state index in [1.165, 1.54) is 0 Å². The van der Waals surface area contributed by atoms with Crippen molar-refractivity contribution in [1.29, 1.82) is 0 Å². The smallest absolute Gasteiger partial charge is 0.325 e. The van der Waals surface area contributed by atoms with Crippen LogP contribution in [-0.2, 0) is 14.3 Å². The van der Waals surface area contributed by atoms with Gasteiger partial charge in [0.15, 0.2) is 0 Å². The van der Waals surface area contributed by atoms with Gasteiger partial charge in [0, 0.05) is 13.3 Å². The molecule has 1 aliphatic heterocycles. The van der Waals surface area contributed by atoms with Gasteiger partial charge in [-0.15, -0.1) is 0 Å². The minimum absolute atomic E-state index is 0.166. The van der Waals surface area contributed by atoms with Crippen LogP contribution < -0.4 is 15.4 Å². The van der Waals surface area contributed by atoms with Crippen LogP contribution >= 0.6 is 0 Å². The van der Waals surface area contributed by atoms with Crippen LogP contribution in [0.5, 0.6) is 5.88 Å². The first-order chi connectivity index (χ1) is 14.7. The number of amides is 4. The van der Waals surface area contributed by atoms with Crippen LogP contribution in [0.15, 0.2) is 18.3 Å². The van der Waals surface area contributed by atoms with Gasteiger partial charge in [-0.1, -0.05) is 20.8 Å². The third kappa shape index (κ3) is 5.15. The minimum Gasteiger partial charge on any atom is -0.474 e. The first-order valence-electron chi connectivity index (χ1n) is 10.7. The molecule has 0 bridgehead atoms. The van der Waals surface area contributed by atoms with Crippen molar-refractivity contribution in [3.8, 4) is 5.88 Å². The number of urea groups is 1. The summed E-state index contributed by atoms with van der Waals surface area (Å²) in [7, 11) is 1.56. The van der Waals surface area contributed by atoms with Crippen molar-refractivity contribution < 1.29 is 23.9 Å². The molecule has 1 aromatic rings. The number of nitrogens with one attached hydrogen (secondary N) is 2. The number of anilines is 1. The van der Waals surface area contributed by atoms with Crippen molar-refractivity contribution in [2.45, 2.75) is 52.0 Å². The first-order valence-corrected chi connectivity index (χ1v) is 10.7. The molecule has 4 amide bonds. The van der Waals surface area contributed by atoms with Gasteiger partial charge < -0.3 is 20.1 Å². The van der Waals surface area contributed by atoms with E-state index in [0.29, 0.717) is 31.1 Å². The van der Waals surface area contributed by atoms with Crippen LogP contribution in [0.3, 0.4) is 0 Å². The summed E-state index contributed by atoms with van der Waals surface area (Å²) in [6.45, 7) is 6.90. The summed E-state index contributed by atoms with van der Waals surface area (Å²) >= 11 is 0. The zero-order valence-electron chi connectivity index (χ0n) is 18.7. The fraction of sp³-hybridized carbons (Fsp3) is 0.636. The summed E-state index contributed by atoms with van der Waals surface area (Å²) in [5.41, 5.74) is -0.349. The second-order valence-corrected chi connectivity index (χ2v) is 9.29. The van der Waals surface area contributed by atoms with Crippen LogP contribution in [0, 0.1) is 11.3 Å². The van der Waals surface area contributed by atoms with E-state index in [1.54, 1.807) is 25.4 Å². The second kappa shape index (κ2) is 9.21. The molecule has 0 atom stereocenters. The van der Waals surface area contributed by atoms with E-state index in [9.17, 15) is 14.4 Å². The largest absolute Gasteiger partial charge is 0.474 e. The number of imide groups is 1. The molecule has 0 aromatic carbocycles. The Morgan fingerprint density at radius 1 is 1.29 bits per heavy atom. The number of hydrogen-bond donors (Lipinski definition) is 2. The number of methoxy groups -OCH3 is 1. The van der Waals surface area contributed by atoms with E-state index < -0.39 is 17.5 Å². The molecular weight excluding hydrogens is 400 g/mol. The lowest BCUT2D eigenvalue weighted by Gasteiger charge is -2.40. The molecule has 2 aliphatic rings. The molecule has 1 aliphatic carbocycles. The second-order valence-electron chi connectivity index (χ2n) is 9.29. The van der Waals surface area contributed by atoms with Gasteiger partial charge in [-0.05, 0) is 49.1 Å². The molecule has 9 heteroatoms. The van der Waals surface area contributed by atoms with E-state index >= 15 is 0 Å². The highest BCUT2D eigenvalue weighted by molar-refractivity contribution is 6.10. The van der Waals surface area contributed by atoms with Crippen molar-refractivity contribution >= 4 is 23.5 Å². The van der Waals surface area contributed by atoms with E-state index in [0.717, 1.165) is 17.7 Å². The van der Waals surface area contributed by atoms with Crippen molar-refractivity contribution in [2.75, 3.05) is 32.2 Å². The average molecular weight is 433 g/mol. The molecule has 2 fully saturated rings. The zero-order chi connectivity index (χ0) is 22.6. The molecule has 9 nitrogen and oxygen atoms in total. The van der Waals surface area contributed by atoms with Crippen molar-refractivity contribution in [2.24, 2.45) is 11.3 Å². The lowest BCUT2D eigenvalue weighted by atomic mass is 9.67. The minimum atomic E-state index is -0.887. The predicted molar refractivity (Wildman–Crippen MR) is 115 cm³/mol. The van der Waals surface area contributed by atoms with Crippen molar-refractivity contribution in [3.05, 3.63) is 18.3 Å². The maximum absolute atomic E-state index is 13.1. The maximum atomic E-state index is 13.1. The SMILES string of the molecule is COCCOc1ncccc1NC(=O)CN1C(=O)NC2(CCC(C(C)(C)C)CC2)C1=O. The number of aromatic nitrogens is 1. The monoisotopic (exact) mass is 432 g/mol. The summed E-state index contributed by atoms with van der Waals surface area (Å²) in [4.78, 5) is 43.3. The molecule has 1 saturated heterocycles. The van der Waals surface area contributed by atoms with Crippen LogP contribution in [-0.4, -0.2) is 60.1 Å². The van der Waals surface area contributed by atoms with E-state index in [-0.39, 0.29) is 30.4 Å².